The second kappa shape index (κ2) is 4.72. The quantitative estimate of drug-likeness (QED) is 0.783. The summed E-state index contributed by atoms with van der Waals surface area (Å²) in [6.07, 6.45) is 4.18. The maximum absolute atomic E-state index is 8.90. The van der Waals surface area contributed by atoms with Crippen molar-refractivity contribution in [3.05, 3.63) is 11.9 Å². The number of hydrogen-bond acceptors (Lipinski definition) is 4. The molecule has 1 saturated heterocycles. The number of likely N-dealkylation sites (tertiary alicyclic amines) is 1. The van der Waals surface area contributed by atoms with E-state index < -0.39 is 0 Å². The molecule has 1 aromatic heterocycles. The third-order valence-electron chi connectivity index (χ3n) is 2.88. The van der Waals surface area contributed by atoms with E-state index in [1.165, 1.54) is 6.42 Å². The molecule has 1 aliphatic rings. The lowest BCUT2D eigenvalue weighted by atomic mass is 10.3. The van der Waals surface area contributed by atoms with Crippen molar-refractivity contribution < 1.29 is 5.11 Å². The van der Waals surface area contributed by atoms with E-state index in [-0.39, 0.29) is 6.61 Å². The number of hydrogen-bond donors (Lipinski definition) is 1. The van der Waals surface area contributed by atoms with Gasteiger partial charge in [0.25, 0.3) is 0 Å². The highest BCUT2D eigenvalue weighted by molar-refractivity contribution is 4.92. The summed E-state index contributed by atoms with van der Waals surface area (Å²) in [5.74, 6) is 0. The highest BCUT2D eigenvalue weighted by atomic mass is 16.3. The van der Waals surface area contributed by atoms with Gasteiger partial charge in [-0.25, -0.2) is 4.68 Å². The van der Waals surface area contributed by atoms with Crippen molar-refractivity contribution in [2.24, 2.45) is 0 Å². The molecule has 5 heteroatoms. The predicted octanol–water partition coefficient (Wildman–Crippen LogP) is 0.427. The molecule has 1 unspecified atom stereocenters. The van der Waals surface area contributed by atoms with Crippen LogP contribution >= 0.6 is 0 Å². The van der Waals surface area contributed by atoms with Crippen molar-refractivity contribution in [3.63, 3.8) is 0 Å². The average molecular weight is 210 g/mol. The van der Waals surface area contributed by atoms with Crippen molar-refractivity contribution in [3.8, 4) is 0 Å². The van der Waals surface area contributed by atoms with Gasteiger partial charge in [0, 0.05) is 13.1 Å². The van der Waals surface area contributed by atoms with Crippen LogP contribution in [0.4, 0.5) is 0 Å². The van der Waals surface area contributed by atoms with Crippen molar-refractivity contribution in [1.82, 2.24) is 19.9 Å². The summed E-state index contributed by atoms with van der Waals surface area (Å²) in [6, 6.07) is 0.435. The Kier molecular flexibility index (Phi) is 3.33. The molecule has 0 bridgehead atoms. The van der Waals surface area contributed by atoms with Gasteiger partial charge in [0.2, 0.25) is 0 Å². The smallest absolute Gasteiger partial charge is 0.108 e. The van der Waals surface area contributed by atoms with Crippen LogP contribution in [0.15, 0.2) is 6.20 Å². The number of aromatic nitrogens is 3. The zero-order valence-corrected chi connectivity index (χ0v) is 9.13. The first kappa shape index (κ1) is 10.6. The second-order valence-electron chi connectivity index (χ2n) is 4.09. The van der Waals surface area contributed by atoms with Gasteiger partial charge in [0.05, 0.1) is 18.8 Å². The summed E-state index contributed by atoms with van der Waals surface area (Å²) in [5, 5.41) is 16.8. The van der Waals surface area contributed by atoms with Gasteiger partial charge in [-0.05, 0) is 19.4 Å². The first-order valence-electron chi connectivity index (χ1n) is 5.57. The molecule has 0 aliphatic carbocycles. The molecule has 0 radical (unpaired) electrons. The van der Waals surface area contributed by atoms with Gasteiger partial charge in [0.15, 0.2) is 0 Å². The Labute approximate surface area is 89.7 Å². The summed E-state index contributed by atoms with van der Waals surface area (Å²) in [6.45, 7) is 5.55. The van der Waals surface area contributed by atoms with Gasteiger partial charge in [-0.3, -0.25) is 0 Å². The van der Waals surface area contributed by atoms with Crippen molar-refractivity contribution in [2.75, 3.05) is 19.6 Å². The molecule has 2 rings (SSSR count). The van der Waals surface area contributed by atoms with Crippen molar-refractivity contribution in [2.45, 2.75) is 32.4 Å². The molecule has 0 spiro atoms. The van der Waals surface area contributed by atoms with E-state index in [4.69, 9.17) is 5.11 Å². The highest BCUT2D eigenvalue weighted by Gasteiger charge is 2.23. The highest BCUT2D eigenvalue weighted by Crippen LogP contribution is 2.20. The molecule has 2 heterocycles. The maximum Gasteiger partial charge on any atom is 0.108 e. The van der Waals surface area contributed by atoms with Crippen LogP contribution in [-0.2, 0) is 6.61 Å². The summed E-state index contributed by atoms with van der Waals surface area (Å²) >= 11 is 0. The Hall–Kier alpha value is -0.940. The van der Waals surface area contributed by atoms with Crippen LogP contribution in [0.3, 0.4) is 0 Å². The monoisotopic (exact) mass is 210 g/mol. The fourth-order valence-corrected chi connectivity index (χ4v) is 2.11. The standard InChI is InChI=1S/C10H18N4O/c1-2-4-13-5-3-10(7-13)14-6-9(8-15)11-12-14/h6,10,15H,2-5,7-8H2,1H3. The summed E-state index contributed by atoms with van der Waals surface area (Å²) in [4.78, 5) is 2.45. The maximum atomic E-state index is 8.90. The topological polar surface area (TPSA) is 54.2 Å². The SMILES string of the molecule is CCCN1CCC(n2cc(CO)nn2)C1. The molecule has 0 saturated carbocycles. The first-order valence-corrected chi connectivity index (χ1v) is 5.57. The first-order chi connectivity index (χ1) is 7.33. The molecule has 1 fully saturated rings. The van der Waals surface area contributed by atoms with Crippen molar-refractivity contribution in [1.29, 1.82) is 0 Å². The van der Waals surface area contributed by atoms with Crippen LogP contribution in [-0.4, -0.2) is 44.6 Å². The van der Waals surface area contributed by atoms with Gasteiger partial charge < -0.3 is 10.0 Å². The molecular weight excluding hydrogens is 192 g/mol. The normalized spacial score (nSPS) is 22.4. The number of rotatable bonds is 4. The van der Waals surface area contributed by atoms with E-state index in [1.54, 1.807) is 0 Å². The molecular formula is C10H18N4O. The third-order valence-corrected chi connectivity index (χ3v) is 2.88. The summed E-state index contributed by atoms with van der Waals surface area (Å²) in [5.41, 5.74) is 0.656. The van der Waals surface area contributed by atoms with Gasteiger partial charge >= 0.3 is 0 Å². The van der Waals surface area contributed by atoms with Crippen LogP contribution in [0.2, 0.25) is 0 Å². The lowest BCUT2D eigenvalue weighted by Crippen LogP contribution is -2.22. The molecule has 1 aromatic rings. The molecule has 0 amide bonds. The third kappa shape index (κ3) is 2.35. The van der Waals surface area contributed by atoms with E-state index in [9.17, 15) is 0 Å². The Balaban J connectivity index is 1.95. The van der Waals surface area contributed by atoms with Crippen LogP contribution in [0.1, 0.15) is 31.5 Å². The van der Waals surface area contributed by atoms with E-state index in [0.717, 1.165) is 26.1 Å². The minimum atomic E-state index is -0.0224. The lowest BCUT2D eigenvalue weighted by molar-refractivity contribution is 0.276. The summed E-state index contributed by atoms with van der Waals surface area (Å²) in [7, 11) is 0. The second-order valence-corrected chi connectivity index (χ2v) is 4.09. The van der Waals surface area contributed by atoms with Crippen LogP contribution in [0, 0.1) is 0 Å². The van der Waals surface area contributed by atoms with Gasteiger partial charge in [0.1, 0.15) is 5.69 Å². The molecule has 1 atom stereocenters. The Morgan fingerprint density at radius 2 is 2.47 bits per heavy atom. The predicted molar refractivity (Wildman–Crippen MR) is 56.3 cm³/mol. The fraction of sp³-hybridized carbons (Fsp3) is 0.800. The number of nitrogens with zero attached hydrogens (tertiary/aromatic N) is 4. The lowest BCUT2D eigenvalue weighted by Gasteiger charge is -2.14. The van der Waals surface area contributed by atoms with E-state index in [1.807, 2.05) is 10.9 Å². The molecule has 15 heavy (non-hydrogen) atoms. The van der Waals surface area contributed by atoms with Crippen molar-refractivity contribution >= 4 is 0 Å². The number of aliphatic hydroxyl groups is 1. The van der Waals surface area contributed by atoms with Gasteiger partial charge in [-0.15, -0.1) is 5.10 Å². The largest absolute Gasteiger partial charge is 0.390 e. The van der Waals surface area contributed by atoms with Gasteiger partial charge in [-0.2, -0.15) is 0 Å². The van der Waals surface area contributed by atoms with E-state index in [0.29, 0.717) is 11.7 Å². The number of aliphatic hydroxyl groups excluding tert-OH is 1. The average Bonchev–Trinajstić information content (AvgIpc) is 2.85. The summed E-state index contributed by atoms with van der Waals surface area (Å²) < 4.78 is 1.89. The Morgan fingerprint density at radius 3 is 3.13 bits per heavy atom. The Bertz CT molecular complexity index is 312. The van der Waals surface area contributed by atoms with Crippen LogP contribution in [0.5, 0.6) is 0 Å². The van der Waals surface area contributed by atoms with E-state index >= 15 is 0 Å². The zero-order valence-electron chi connectivity index (χ0n) is 9.13. The fourth-order valence-electron chi connectivity index (χ4n) is 2.11. The van der Waals surface area contributed by atoms with Crippen LogP contribution in [0.25, 0.3) is 0 Å². The molecule has 84 valence electrons. The van der Waals surface area contributed by atoms with Gasteiger partial charge in [-0.1, -0.05) is 12.1 Å². The van der Waals surface area contributed by atoms with Crippen LogP contribution < -0.4 is 0 Å². The molecule has 1 N–H and O–H groups in total. The minimum absolute atomic E-state index is 0.0224. The zero-order chi connectivity index (χ0) is 10.7. The minimum Gasteiger partial charge on any atom is -0.390 e. The molecule has 1 aliphatic heterocycles. The molecule has 0 aromatic carbocycles. The Morgan fingerprint density at radius 1 is 1.60 bits per heavy atom. The van der Waals surface area contributed by atoms with E-state index in [2.05, 4.69) is 22.1 Å². The molecule has 5 nitrogen and oxygen atoms in total.